The first-order valence-electron chi connectivity index (χ1n) is 20.7. The van der Waals surface area contributed by atoms with E-state index in [2.05, 4.69) is 200 Å². The van der Waals surface area contributed by atoms with Crippen LogP contribution in [0.15, 0.2) is 193 Å². The van der Waals surface area contributed by atoms with Crippen LogP contribution in [0.5, 0.6) is 0 Å². The summed E-state index contributed by atoms with van der Waals surface area (Å²) in [4.78, 5) is 12.4. The molecule has 0 bridgehead atoms. The number of rotatable bonds is 5. The second-order valence-corrected chi connectivity index (χ2v) is 15.7. The Morgan fingerprint density at radius 1 is 0.644 bits per heavy atom. The fourth-order valence-corrected chi connectivity index (χ4v) is 9.76. The number of amidine groups is 1. The highest BCUT2D eigenvalue weighted by Crippen LogP contribution is 2.54. The summed E-state index contributed by atoms with van der Waals surface area (Å²) >= 11 is 0. The third-order valence-corrected chi connectivity index (χ3v) is 12.4. The Kier molecular flexibility index (Phi) is 7.88. The van der Waals surface area contributed by atoms with Crippen LogP contribution in [0, 0.1) is 5.92 Å². The van der Waals surface area contributed by atoms with Crippen LogP contribution in [-0.2, 0) is 0 Å². The maximum Gasteiger partial charge on any atom is 0.162 e. The van der Waals surface area contributed by atoms with Gasteiger partial charge in [0.15, 0.2) is 6.29 Å². The van der Waals surface area contributed by atoms with E-state index in [-0.39, 0.29) is 18.4 Å². The SMILES string of the molecule is C1=CCC(C2N=C(C3=CCCC=C3)NC(n3c4ccc(N5c6ccccc6-c6c(n(-c7ccccc7)c7ccccc67)-c6ccccc65)cc4c4ccncc43)N2)C=C1. The molecule has 8 aromatic rings. The van der Waals surface area contributed by atoms with Gasteiger partial charge in [-0.3, -0.25) is 10.3 Å². The van der Waals surface area contributed by atoms with Crippen LogP contribution in [0.2, 0.25) is 0 Å². The fourth-order valence-electron chi connectivity index (χ4n) is 9.76. The largest absolute Gasteiger partial charge is 0.337 e. The zero-order chi connectivity index (χ0) is 38.9. The molecule has 0 fully saturated rings. The van der Waals surface area contributed by atoms with Gasteiger partial charge in [0.25, 0.3) is 0 Å². The molecule has 2 N–H and O–H groups in total. The van der Waals surface area contributed by atoms with E-state index < -0.39 is 0 Å². The minimum absolute atomic E-state index is 0.0998. The lowest BCUT2D eigenvalue weighted by Gasteiger charge is -2.36. The van der Waals surface area contributed by atoms with Gasteiger partial charge in [0.05, 0.1) is 39.8 Å². The van der Waals surface area contributed by atoms with E-state index in [1.165, 1.54) is 33.3 Å². The van der Waals surface area contributed by atoms with Gasteiger partial charge in [0, 0.05) is 61.9 Å². The number of nitrogens with zero attached hydrogens (tertiary/aromatic N) is 5. The van der Waals surface area contributed by atoms with Crippen molar-refractivity contribution in [1.29, 1.82) is 0 Å². The Balaban J connectivity index is 1.05. The van der Waals surface area contributed by atoms with Crippen LogP contribution in [0.4, 0.5) is 17.1 Å². The number of aromatic nitrogens is 3. The first-order valence-corrected chi connectivity index (χ1v) is 20.7. The Morgan fingerprint density at radius 2 is 1.46 bits per heavy atom. The Labute approximate surface area is 342 Å². The normalized spacial score (nSPS) is 19.5. The van der Waals surface area contributed by atoms with Crippen molar-refractivity contribution in [2.75, 3.05) is 4.90 Å². The number of hydrogen-bond donors (Lipinski definition) is 2. The van der Waals surface area contributed by atoms with E-state index in [1.54, 1.807) is 0 Å². The summed E-state index contributed by atoms with van der Waals surface area (Å²) in [6.07, 6.45) is 22.1. The highest BCUT2D eigenvalue weighted by Gasteiger charge is 2.33. The molecule has 5 heterocycles. The topological polar surface area (TPSA) is 62.4 Å². The molecule has 2 aliphatic heterocycles. The number of benzene rings is 5. The van der Waals surface area contributed by atoms with E-state index >= 15 is 0 Å². The van der Waals surface area contributed by atoms with Crippen LogP contribution in [-0.4, -0.2) is 26.1 Å². The van der Waals surface area contributed by atoms with Gasteiger partial charge in [-0.15, -0.1) is 0 Å². The average Bonchev–Trinajstić information content (AvgIpc) is 3.79. The monoisotopic (exact) mass is 763 g/mol. The zero-order valence-electron chi connectivity index (χ0n) is 32.4. The standard InChI is InChI=1S/C52H41N7/c1-4-16-34(17-5-1)50-54-51(35-18-6-2-7-19-35)56-52(55-50)59-46-29-28-37(32-42(46)38-30-31-53-33-47(38)59)57-43-25-13-10-22-39(43)48-40-23-11-14-26-44(40)58(36-20-8-3-9-21-36)49(48)41-24-12-15-27-45(41)57/h1,3-6,8-16,18-34,50,52,55H,2,7,17H2,(H,54,56). The van der Waals surface area contributed by atoms with Crippen molar-refractivity contribution >= 4 is 55.6 Å². The molecule has 0 saturated heterocycles. The minimum Gasteiger partial charge on any atom is -0.337 e. The number of pyridine rings is 1. The molecule has 0 amide bonds. The van der Waals surface area contributed by atoms with E-state index in [0.717, 1.165) is 75.2 Å². The summed E-state index contributed by atoms with van der Waals surface area (Å²) < 4.78 is 4.83. The molecule has 3 aromatic heterocycles. The molecule has 0 radical (unpaired) electrons. The summed E-state index contributed by atoms with van der Waals surface area (Å²) in [7, 11) is 0. The molecule has 3 atom stereocenters. The summed E-state index contributed by atoms with van der Waals surface area (Å²) in [5.74, 6) is 1.17. The third-order valence-electron chi connectivity index (χ3n) is 12.4. The number of nitrogens with one attached hydrogen (secondary N) is 2. The molecule has 0 saturated carbocycles. The quantitative estimate of drug-likeness (QED) is 0.183. The second kappa shape index (κ2) is 13.7. The van der Waals surface area contributed by atoms with Crippen molar-refractivity contribution < 1.29 is 0 Å². The van der Waals surface area contributed by atoms with Crippen LogP contribution in [0.1, 0.15) is 25.6 Å². The van der Waals surface area contributed by atoms with Crippen LogP contribution in [0.25, 0.3) is 60.8 Å². The van der Waals surface area contributed by atoms with Crippen molar-refractivity contribution in [2.45, 2.75) is 31.7 Å². The molecule has 4 aliphatic rings. The van der Waals surface area contributed by atoms with Gasteiger partial charge in [-0.1, -0.05) is 115 Å². The fraction of sp³-hybridized carbons (Fsp3) is 0.115. The van der Waals surface area contributed by atoms with Crippen LogP contribution in [0.3, 0.4) is 0 Å². The first-order chi connectivity index (χ1) is 29.3. The van der Waals surface area contributed by atoms with Gasteiger partial charge < -0.3 is 19.4 Å². The molecule has 7 heteroatoms. The molecule has 59 heavy (non-hydrogen) atoms. The van der Waals surface area contributed by atoms with Gasteiger partial charge in [-0.25, -0.2) is 4.99 Å². The maximum atomic E-state index is 5.29. The molecule has 3 unspecified atom stereocenters. The molecule has 284 valence electrons. The van der Waals surface area contributed by atoms with Crippen LogP contribution < -0.4 is 15.5 Å². The third kappa shape index (κ3) is 5.39. The highest BCUT2D eigenvalue weighted by atomic mass is 15.4. The zero-order valence-corrected chi connectivity index (χ0v) is 32.4. The van der Waals surface area contributed by atoms with Crippen molar-refractivity contribution in [3.05, 3.63) is 188 Å². The van der Waals surface area contributed by atoms with Gasteiger partial charge in [-0.2, -0.15) is 0 Å². The summed E-state index contributed by atoms with van der Waals surface area (Å²) in [6.45, 7) is 0. The van der Waals surface area contributed by atoms with Crippen molar-refractivity contribution in [3.8, 4) is 28.1 Å². The number of para-hydroxylation sites is 4. The summed E-state index contributed by atoms with van der Waals surface area (Å²) in [5.41, 5.74) is 13.8. The smallest absolute Gasteiger partial charge is 0.162 e. The van der Waals surface area contributed by atoms with Gasteiger partial charge in [0.2, 0.25) is 0 Å². The lowest BCUT2D eigenvalue weighted by Crippen LogP contribution is -2.53. The number of hydrogen-bond acceptors (Lipinski definition) is 5. The Bertz CT molecular complexity index is 3120. The molecule has 5 aromatic carbocycles. The van der Waals surface area contributed by atoms with E-state index in [4.69, 9.17) is 4.99 Å². The van der Waals surface area contributed by atoms with Crippen molar-refractivity contribution in [2.24, 2.45) is 10.9 Å². The molecular weight excluding hydrogens is 723 g/mol. The molecular formula is C52H41N7. The first kappa shape index (κ1) is 33.9. The number of fused-ring (bicyclic) bond motifs is 10. The number of aliphatic imine (C=N–C) groups is 1. The predicted molar refractivity (Wildman–Crippen MR) is 243 cm³/mol. The van der Waals surface area contributed by atoms with Crippen molar-refractivity contribution in [1.82, 2.24) is 24.8 Å². The van der Waals surface area contributed by atoms with E-state index in [1.807, 2.05) is 12.4 Å². The molecule has 12 rings (SSSR count). The van der Waals surface area contributed by atoms with E-state index in [9.17, 15) is 0 Å². The average molecular weight is 764 g/mol. The lowest BCUT2D eigenvalue weighted by atomic mass is 9.97. The van der Waals surface area contributed by atoms with Gasteiger partial charge in [-0.05, 0) is 73.9 Å². The second-order valence-electron chi connectivity index (χ2n) is 15.7. The highest BCUT2D eigenvalue weighted by molar-refractivity contribution is 6.14. The number of anilines is 3. The van der Waals surface area contributed by atoms with E-state index in [0.29, 0.717) is 0 Å². The Morgan fingerprint density at radius 3 is 2.31 bits per heavy atom. The number of allylic oxidation sites excluding steroid dienone is 5. The lowest BCUT2D eigenvalue weighted by molar-refractivity contribution is 0.285. The molecule has 0 spiro atoms. The van der Waals surface area contributed by atoms with Gasteiger partial charge in [0.1, 0.15) is 12.0 Å². The summed E-state index contributed by atoms with van der Waals surface area (Å²) in [6, 6.07) is 46.5. The summed E-state index contributed by atoms with van der Waals surface area (Å²) in [5, 5.41) is 11.3. The molecule has 2 aliphatic carbocycles. The van der Waals surface area contributed by atoms with Gasteiger partial charge >= 0.3 is 0 Å². The Hall–Kier alpha value is -7.22. The molecule has 7 nitrogen and oxygen atoms in total. The maximum absolute atomic E-state index is 5.29. The van der Waals surface area contributed by atoms with Crippen LogP contribution >= 0.6 is 0 Å². The predicted octanol–water partition coefficient (Wildman–Crippen LogP) is 12.0. The van der Waals surface area contributed by atoms with Crippen molar-refractivity contribution in [3.63, 3.8) is 0 Å². The minimum atomic E-state index is -0.256.